The fourth-order valence-corrected chi connectivity index (χ4v) is 1.93. The Hall–Kier alpha value is -2.04. The first-order chi connectivity index (χ1) is 8.70. The van der Waals surface area contributed by atoms with Crippen molar-refractivity contribution in [3.63, 3.8) is 0 Å². The zero-order valence-electron chi connectivity index (χ0n) is 9.96. The summed E-state index contributed by atoms with van der Waals surface area (Å²) in [4.78, 5) is 24.0. The average Bonchev–Trinajstić information content (AvgIpc) is 2.40. The van der Waals surface area contributed by atoms with E-state index in [-0.39, 0.29) is 17.1 Å². The zero-order chi connectivity index (χ0) is 13.0. The summed E-state index contributed by atoms with van der Waals surface area (Å²) in [6.45, 7) is 1.41. The molecule has 5 heteroatoms. The van der Waals surface area contributed by atoms with E-state index in [1.54, 1.807) is 4.90 Å². The van der Waals surface area contributed by atoms with Crippen LogP contribution in [0.15, 0.2) is 18.2 Å². The highest BCUT2D eigenvalue weighted by Crippen LogP contribution is 2.23. The van der Waals surface area contributed by atoms with Crippen LogP contribution < -0.4 is 4.74 Å². The van der Waals surface area contributed by atoms with Gasteiger partial charge >= 0.3 is 6.09 Å². The molecule has 96 valence electrons. The predicted molar refractivity (Wildman–Crippen MR) is 64.9 cm³/mol. The van der Waals surface area contributed by atoms with Crippen LogP contribution in [-0.2, 0) is 0 Å². The van der Waals surface area contributed by atoms with Crippen LogP contribution in [-0.4, -0.2) is 35.5 Å². The number of hydrogen-bond donors (Lipinski definition) is 1. The second kappa shape index (κ2) is 5.53. The molecule has 1 aromatic carbocycles. The average molecular weight is 249 g/mol. The molecule has 0 aromatic heterocycles. The fraction of sp³-hybridized carbons (Fsp3) is 0.385. The third-order valence-corrected chi connectivity index (χ3v) is 2.95. The van der Waals surface area contributed by atoms with Crippen molar-refractivity contribution in [3.05, 3.63) is 23.8 Å². The van der Waals surface area contributed by atoms with E-state index in [4.69, 9.17) is 4.74 Å². The van der Waals surface area contributed by atoms with Crippen LogP contribution in [0.3, 0.4) is 0 Å². The summed E-state index contributed by atoms with van der Waals surface area (Å²) < 4.78 is 5.15. The maximum absolute atomic E-state index is 11.8. The van der Waals surface area contributed by atoms with Gasteiger partial charge in [0, 0.05) is 19.2 Å². The summed E-state index contributed by atoms with van der Waals surface area (Å²) in [6, 6.07) is 4.18. The molecular weight excluding hydrogens is 234 g/mol. The van der Waals surface area contributed by atoms with Crippen molar-refractivity contribution in [2.75, 3.05) is 13.1 Å². The minimum absolute atomic E-state index is 0.174. The van der Waals surface area contributed by atoms with E-state index in [2.05, 4.69) is 0 Å². The van der Waals surface area contributed by atoms with E-state index in [1.165, 1.54) is 18.2 Å². The van der Waals surface area contributed by atoms with Crippen molar-refractivity contribution in [2.45, 2.75) is 19.3 Å². The molecule has 5 nitrogen and oxygen atoms in total. The van der Waals surface area contributed by atoms with Gasteiger partial charge in [-0.25, -0.2) is 4.79 Å². The largest absolute Gasteiger partial charge is 0.507 e. The number of likely N-dealkylation sites (tertiary alicyclic amines) is 1. The number of hydrogen-bond acceptors (Lipinski definition) is 4. The molecule has 1 aliphatic rings. The lowest BCUT2D eigenvalue weighted by Gasteiger charge is -2.25. The summed E-state index contributed by atoms with van der Waals surface area (Å²) in [7, 11) is 0. The number of aldehydes is 1. The number of phenols is 1. The quantitative estimate of drug-likeness (QED) is 0.816. The third-order valence-electron chi connectivity index (χ3n) is 2.95. The van der Waals surface area contributed by atoms with Crippen molar-refractivity contribution < 1.29 is 19.4 Å². The Balaban J connectivity index is 2.02. The molecule has 18 heavy (non-hydrogen) atoms. The normalized spacial score (nSPS) is 15.2. The molecule has 0 radical (unpaired) electrons. The number of amides is 1. The summed E-state index contributed by atoms with van der Waals surface area (Å²) in [5.41, 5.74) is 0.174. The van der Waals surface area contributed by atoms with E-state index in [1.807, 2.05) is 0 Å². The van der Waals surface area contributed by atoms with Crippen molar-refractivity contribution in [2.24, 2.45) is 0 Å². The van der Waals surface area contributed by atoms with Gasteiger partial charge in [-0.15, -0.1) is 0 Å². The number of nitrogens with zero attached hydrogens (tertiary/aromatic N) is 1. The SMILES string of the molecule is O=Cc1ccc(OC(=O)N2CCCCC2)cc1O. The van der Waals surface area contributed by atoms with Gasteiger partial charge < -0.3 is 14.7 Å². The van der Waals surface area contributed by atoms with Crippen LogP contribution in [0.25, 0.3) is 0 Å². The molecule has 1 heterocycles. The van der Waals surface area contributed by atoms with Gasteiger partial charge in [0.15, 0.2) is 6.29 Å². The highest BCUT2D eigenvalue weighted by Gasteiger charge is 2.18. The number of carbonyl (C=O) groups is 2. The summed E-state index contributed by atoms with van der Waals surface area (Å²) in [5, 5.41) is 9.48. The molecule has 1 aliphatic heterocycles. The van der Waals surface area contributed by atoms with Crippen LogP contribution in [0, 0.1) is 0 Å². The lowest BCUT2D eigenvalue weighted by Crippen LogP contribution is -2.37. The fourth-order valence-electron chi connectivity index (χ4n) is 1.93. The predicted octanol–water partition coefficient (Wildman–Crippen LogP) is 2.19. The van der Waals surface area contributed by atoms with E-state index < -0.39 is 6.09 Å². The minimum atomic E-state index is -0.409. The first-order valence-corrected chi connectivity index (χ1v) is 5.95. The Morgan fingerprint density at radius 2 is 2.00 bits per heavy atom. The van der Waals surface area contributed by atoms with Crippen molar-refractivity contribution in [1.29, 1.82) is 0 Å². The van der Waals surface area contributed by atoms with Gasteiger partial charge in [-0.1, -0.05) is 0 Å². The van der Waals surface area contributed by atoms with Gasteiger partial charge in [0.25, 0.3) is 0 Å². The highest BCUT2D eigenvalue weighted by molar-refractivity contribution is 5.80. The number of benzene rings is 1. The molecule has 1 aromatic rings. The molecule has 0 atom stereocenters. The van der Waals surface area contributed by atoms with Crippen LogP contribution in [0.1, 0.15) is 29.6 Å². The smallest absolute Gasteiger partial charge is 0.415 e. The third kappa shape index (κ3) is 2.80. The summed E-state index contributed by atoms with van der Waals surface area (Å²) in [6.07, 6.45) is 3.26. The molecule has 1 N–H and O–H groups in total. The number of piperidine rings is 1. The van der Waals surface area contributed by atoms with Gasteiger partial charge in [0.1, 0.15) is 11.5 Å². The topological polar surface area (TPSA) is 66.8 Å². The number of phenolic OH excluding ortho intramolecular Hbond substituents is 1. The van der Waals surface area contributed by atoms with Crippen LogP contribution in [0.2, 0.25) is 0 Å². The highest BCUT2D eigenvalue weighted by atomic mass is 16.6. The lowest BCUT2D eigenvalue weighted by atomic mass is 10.1. The zero-order valence-corrected chi connectivity index (χ0v) is 9.96. The molecule has 0 saturated carbocycles. The van der Waals surface area contributed by atoms with Crippen LogP contribution in [0.5, 0.6) is 11.5 Å². The molecule has 0 bridgehead atoms. The number of aromatic hydroxyl groups is 1. The van der Waals surface area contributed by atoms with E-state index in [0.717, 1.165) is 19.3 Å². The van der Waals surface area contributed by atoms with Crippen molar-refractivity contribution in [3.8, 4) is 11.5 Å². The molecule has 1 amide bonds. The van der Waals surface area contributed by atoms with E-state index in [9.17, 15) is 14.7 Å². The van der Waals surface area contributed by atoms with Crippen molar-refractivity contribution >= 4 is 12.4 Å². The van der Waals surface area contributed by atoms with Gasteiger partial charge in [-0.05, 0) is 31.4 Å². The molecule has 1 fully saturated rings. The standard InChI is InChI=1S/C13H15NO4/c15-9-10-4-5-11(8-12(10)16)18-13(17)14-6-2-1-3-7-14/h4-5,8-9,16H,1-3,6-7H2. The molecule has 0 unspecified atom stereocenters. The van der Waals surface area contributed by atoms with E-state index >= 15 is 0 Å². The number of carbonyl (C=O) groups excluding carboxylic acids is 2. The van der Waals surface area contributed by atoms with Gasteiger partial charge in [0.05, 0.1) is 5.56 Å². The maximum atomic E-state index is 11.8. The first-order valence-electron chi connectivity index (χ1n) is 5.95. The van der Waals surface area contributed by atoms with Crippen LogP contribution >= 0.6 is 0 Å². The molecule has 1 saturated heterocycles. The summed E-state index contributed by atoms with van der Waals surface area (Å²) >= 11 is 0. The Kier molecular flexibility index (Phi) is 3.82. The second-order valence-electron chi connectivity index (χ2n) is 4.25. The first kappa shape index (κ1) is 12.4. The lowest BCUT2D eigenvalue weighted by molar-refractivity contribution is 0.112. The Morgan fingerprint density at radius 1 is 1.28 bits per heavy atom. The summed E-state index contributed by atoms with van der Waals surface area (Å²) in [5.74, 6) is 0.0580. The second-order valence-corrected chi connectivity index (χ2v) is 4.25. The Bertz CT molecular complexity index is 452. The minimum Gasteiger partial charge on any atom is -0.507 e. The Morgan fingerprint density at radius 3 is 2.61 bits per heavy atom. The number of ether oxygens (including phenoxy) is 1. The number of rotatable bonds is 2. The molecule has 0 spiro atoms. The maximum Gasteiger partial charge on any atom is 0.415 e. The molecular formula is C13H15NO4. The van der Waals surface area contributed by atoms with Gasteiger partial charge in [-0.2, -0.15) is 0 Å². The van der Waals surface area contributed by atoms with Crippen LogP contribution in [0.4, 0.5) is 4.79 Å². The van der Waals surface area contributed by atoms with Gasteiger partial charge in [-0.3, -0.25) is 4.79 Å². The molecule has 0 aliphatic carbocycles. The Labute approximate surface area is 105 Å². The monoisotopic (exact) mass is 249 g/mol. The molecule has 2 rings (SSSR count). The van der Waals surface area contributed by atoms with Gasteiger partial charge in [0.2, 0.25) is 0 Å². The van der Waals surface area contributed by atoms with Crippen molar-refractivity contribution in [1.82, 2.24) is 4.90 Å². The van der Waals surface area contributed by atoms with E-state index in [0.29, 0.717) is 19.4 Å².